The van der Waals surface area contributed by atoms with Gasteiger partial charge in [0.2, 0.25) is 5.91 Å². The summed E-state index contributed by atoms with van der Waals surface area (Å²) in [5.74, 6) is 0.290. The van der Waals surface area contributed by atoms with Crippen molar-refractivity contribution in [1.82, 2.24) is 9.97 Å². The molecule has 1 aliphatic carbocycles. The highest BCUT2D eigenvalue weighted by molar-refractivity contribution is 7.14. The molecule has 0 unspecified atom stereocenters. The molecule has 1 amide bonds. The summed E-state index contributed by atoms with van der Waals surface area (Å²) >= 11 is 1.55. The van der Waals surface area contributed by atoms with Gasteiger partial charge in [-0.1, -0.05) is 25.3 Å². The number of hydrogen-bond acceptors (Lipinski definition) is 5. The fourth-order valence-corrected chi connectivity index (χ4v) is 4.13. The van der Waals surface area contributed by atoms with E-state index in [-0.39, 0.29) is 11.8 Å². The molecule has 1 saturated carbocycles. The number of pyridine rings is 1. The third kappa shape index (κ3) is 4.52. The zero-order valence-electron chi connectivity index (χ0n) is 15.0. The predicted molar refractivity (Wildman–Crippen MR) is 110 cm³/mol. The summed E-state index contributed by atoms with van der Waals surface area (Å²) in [5.41, 5.74) is 3.70. The summed E-state index contributed by atoms with van der Waals surface area (Å²) < 4.78 is 0. The molecule has 5 nitrogen and oxygen atoms in total. The van der Waals surface area contributed by atoms with Crippen molar-refractivity contribution in [3.05, 3.63) is 54.2 Å². The van der Waals surface area contributed by atoms with E-state index in [1.54, 1.807) is 23.7 Å². The van der Waals surface area contributed by atoms with Gasteiger partial charge in [-0.3, -0.25) is 9.78 Å². The van der Waals surface area contributed by atoms with Crippen LogP contribution in [-0.4, -0.2) is 15.9 Å². The number of carbonyl (C=O) groups excluding carboxylic acids is 1. The van der Waals surface area contributed by atoms with Crippen molar-refractivity contribution >= 4 is 33.8 Å². The van der Waals surface area contributed by atoms with Crippen LogP contribution in [0.1, 0.15) is 32.1 Å². The highest BCUT2D eigenvalue weighted by Gasteiger charge is 2.21. The highest BCUT2D eigenvalue weighted by Crippen LogP contribution is 2.28. The standard InChI is InChI=1S/C21H22N4OS/c26-20(16-5-2-1-3-6-16)23-17-7-4-8-18(13-17)24-21-25-19(14-27-21)15-9-11-22-12-10-15/h4,7-14,16H,1-3,5-6H2,(H,23,26)(H,24,25). The molecule has 3 aromatic rings. The van der Waals surface area contributed by atoms with Crippen LogP contribution in [-0.2, 0) is 4.79 Å². The monoisotopic (exact) mass is 378 g/mol. The Labute approximate surface area is 162 Å². The second kappa shape index (κ2) is 8.31. The smallest absolute Gasteiger partial charge is 0.227 e. The van der Waals surface area contributed by atoms with Crippen LogP contribution < -0.4 is 10.6 Å². The van der Waals surface area contributed by atoms with Crippen LogP contribution in [0, 0.1) is 5.92 Å². The lowest BCUT2D eigenvalue weighted by atomic mass is 9.88. The van der Waals surface area contributed by atoms with Gasteiger partial charge >= 0.3 is 0 Å². The van der Waals surface area contributed by atoms with Gasteiger partial charge in [-0.15, -0.1) is 11.3 Å². The van der Waals surface area contributed by atoms with E-state index in [1.807, 2.05) is 41.8 Å². The summed E-state index contributed by atoms with van der Waals surface area (Å²) in [6, 6.07) is 11.7. The van der Waals surface area contributed by atoms with E-state index < -0.39 is 0 Å². The Morgan fingerprint density at radius 2 is 1.81 bits per heavy atom. The normalized spacial score (nSPS) is 14.7. The quantitative estimate of drug-likeness (QED) is 0.618. The molecule has 27 heavy (non-hydrogen) atoms. The molecule has 0 atom stereocenters. The van der Waals surface area contributed by atoms with Crippen molar-refractivity contribution in [2.75, 3.05) is 10.6 Å². The summed E-state index contributed by atoms with van der Waals surface area (Å²) in [6.07, 6.45) is 9.09. The van der Waals surface area contributed by atoms with E-state index in [2.05, 4.69) is 20.6 Å². The number of aromatic nitrogens is 2. The first-order valence-corrected chi connectivity index (χ1v) is 10.2. The molecule has 0 spiro atoms. The number of thiazole rings is 1. The molecule has 0 saturated heterocycles. The van der Waals surface area contributed by atoms with Gasteiger partial charge in [0.15, 0.2) is 5.13 Å². The molecule has 6 heteroatoms. The van der Waals surface area contributed by atoms with Gasteiger partial charge in [-0.25, -0.2) is 4.98 Å². The minimum absolute atomic E-state index is 0.140. The van der Waals surface area contributed by atoms with Gasteiger partial charge in [0.1, 0.15) is 0 Å². The molecular formula is C21H22N4OS. The fourth-order valence-electron chi connectivity index (χ4n) is 3.39. The number of benzene rings is 1. The van der Waals surface area contributed by atoms with Crippen LogP contribution in [0.5, 0.6) is 0 Å². The Morgan fingerprint density at radius 3 is 2.63 bits per heavy atom. The van der Waals surface area contributed by atoms with E-state index >= 15 is 0 Å². The second-order valence-electron chi connectivity index (χ2n) is 6.80. The lowest BCUT2D eigenvalue weighted by Gasteiger charge is -2.20. The fraction of sp³-hybridized carbons (Fsp3) is 0.286. The lowest BCUT2D eigenvalue weighted by molar-refractivity contribution is -0.120. The summed E-state index contributed by atoms with van der Waals surface area (Å²) in [6.45, 7) is 0. The minimum atomic E-state index is 0.140. The van der Waals surface area contributed by atoms with Gasteiger partial charge in [-0.05, 0) is 43.2 Å². The maximum atomic E-state index is 12.5. The zero-order chi connectivity index (χ0) is 18.5. The zero-order valence-corrected chi connectivity index (χ0v) is 15.8. The number of amides is 1. The van der Waals surface area contributed by atoms with Crippen LogP contribution >= 0.6 is 11.3 Å². The third-order valence-electron chi connectivity index (χ3n) is 4.84. The number of hydrogen-bond donors (Lipinski definition) is 2. The number of anilines is 3. The molecule has 2 N–H and O–H groups in total. The largest absolute Gasteiger partial charge is 0.331 e. The molecule has 2 heterocycles. The summed E-state index contributed by atoms with van der Waals surface area (Å²) in [5, 5.41) is 9.23. The molecule has 0 bridgehead atoms. The summed E-state index contributed by atoms with van der Waals surface area (Å²) in [7, 11) is 0. The summed E-state index contributed by atoms with van der Waals surface area (Å²) in [4.78, 5) is 21.1. The van der Waals surface area contributed by atoms with Gasteiger partial charge in [0.05, 0.1) is 5.69 Å². The Morgan fingerprint density at radius 1 is 1.04 bits per heavy atom. The molecule has 4 rings (SSSR count). The Balaban J connectivity index is 1.42. The molecule has 1 aliphatic rings. The minimum Gasteiger partial charge on any atom is -0.331 e. The van der Waals surface area contributed by atoms with Gasteiger partial charge in [0, 0.05) is 40.6 Å². The molecule has 0 aliphatic heterocycles. The average molecular weight is 379 g/mol. The predicted octanol–water partition coefficient (Wildman–Crippen LogP) is 5.47. The van der Waals surface area contributed by atoms with Crippen molar-refractivity contribution < 1.29 is 4.79 Å². The van der Waals surface area contributed by atoms with Crippen molar-refractivity contribution in [3.8, 4) is 11.3 Å². The maximum absolute atomic E-state index is 12.5. The number of nitrogens with one attached hydrogen (secondary N) is 2. The number of carbonyl (C=O) groups is 1. The van der Waals surface area contributed by atoms with E-state index in [4.69, 9.17) is 0 Å². The number of nitrogens with zero attached hydrogens (tertiary/aromatic N) is 2. The molecule has 1 fully saturated rings. The maximum Gasteiger partial charge on any atom is 0.227 e. The average Bonchev–Trinajstić information content (AvgIpc) is 3.18. The van der Waals surface area contributed by atoms with Crippen molar-refractivity contribution in [2.45, 2.75) is 32.1 Å². The van der Waals surface area contributed by atoms with Crippen molar-refractivity contribution in [1.29, 1.82) is 0 Å². The molecule has 2 aromatic heterocycles. The molecule has 1 aromatic carbocycles. The first-order chi connectivity index (χ1) is 13.3. The van der Waals surface area contributed by atoms with E-state index in [1.165, 1.54) is 6.42 Å². The van der Waals surface area contributed by atoms with Gasteiger partial charge in [-0.2, -0.15) is 0 Å². The first kappa shape index (κ1) is 17.7. The lowest BCUT2D eigenvalue weighted by Crippen LogP contribution is -2.24. The van der Waals surface area contributed by atoms with Gasteiger partial charge in [0.25, 0.3) is 0 Å². The van der Waals surface area contributed by atoms with Crippen LogP contribution in [0.2, 0.25) is 0 Å². The Kier molecular flexibility index (Phi) is 5.44. The van der Waals surface area contributed by atoms with Crippen LogP contribution in [0.25, 0.3) is 11.3 Å². The van der Waals surface area contributed by atoms with E-state index in [0.29, 0.717) is 0 Å². The topological polar surface area (TPSA) is 66.9 Å². The van der Waals surface area contributed by atoms with Gasteiger partial charge < -0.3 is 10.6 Å². The Bertz CT molecular complexity index is 903. The SMILES string of the molecule is O=C(Nc1cccc(Nc2nc(-c3ccncc3)cs2)c1)C1CCCCC1. The highest BCUT2D eigenvalue weighted by atomic mass is 32.1. The molecule has 0 radical (unpaired) electrons. The first-order valence-electron chi connectivity index (χ1n) is 9.32. The second-order valence-corrected chi connectivity index (χ2v) is 7.66. The van der Waals surface area contributed by atoms with Crippen molar-refractivity contribution in [3.63, 3.8) is 0 Å². The molecule has 138 valence electrons. The van der Waals surface area contributed by atoms with Crippen LogP contribution in [0.15, 0.2) is 54.2 Å². The third-order valence-corrected chi connectivity index (χ3v) is 5.60. The van der Waals surface area contributed by atoms with E-state index in [0.717, 1.165) is 53.4 Å². The number of rotatable bonds is 5. The Hall–Kier alpha value is -2.73. The van der Waals surface area contributed by atoms with E-state index in [9.17, 15) is 4.79 Å². The van der Waals surface area contributed by atoms with Crippen LogP contribution in [0.4, 0.5) is 16.5 Å². The van der Waals surface area contributed by atoms with Crippen LogP contribution in [0.3, 0.4) is 0 Å². The van der Waals surface area contributed by atoms with Crippen molar-refractivity contribution in [2.24, 2.45) is 5.92 Å². The molecular weight excluding hydrogens is 356 g/mol.